The first kappa shape index (κ1) is 20.2. The van der Waals surface area contributed by atoms with Gasteiger partial charge in [-0.3, -0.25) is 4.79 Å². The van der Waals surface area contributed by atoms with Crippen LogP contribution in [0.4, 0.5) is 0 Å². The maximum atomic E-state index is 12.6. The van der Waals surface area contributed by atoms with Crippen LogP contribution in [0.5, 0.6) is 0 Å². The Morgan fingerprint density at radius 1 is 0.808 bits per heavy atom. The maximum Gasteiger partial charge on any atom is 0.309 e. The van der Waals surface area contributed by atoms with Gasteiger partial charge in [0.1, 0.15) is 6.61 Å². The van der Waals surface area contributed by atoms with Crippen LogP contribution < -0.4 is 0 Å². The molecule has 0 aliphatic carbocycles. The first-order valence-electron chi connectivity index (χ1n) is 10.0. The molecule has 0 saturated heterocycles. The zero-order valence-corrected chi connectivity index (χ0v) is 16.0. The molecule has 0 spiro atoms. The third-order valence-electron chi connectivity index (χ3n) is 4.84. The number of unbranched alkanes of at least 4 members (excludes halogenated alkanes) is 4. The summed E-state index contributed by atoms with van der Waals surface area (Å²) in [6.45, 7) is 2.60. The lowest BCUT2D eigenvalue weighted by Crippen LogP contribution is -2.18. The van der Waals surface area contributed by atoms with Gasteiger partial charge in [0, 0.05) is 0 Å². The van der Waals surface area contributed by atoms with E-state index in [0.29, 0.717) is 6.61 Å². The highest BCUT2D eigenvalue weighted by molar-refractivity contribution is 5.72. The minimum Gasteiger partial charge on any atom is -0.461 e. The second kappa shape index (κ2) is 12.3. The topological polar surface area (TPSA) is 26.3 Å². The molecule has 2 aromatic carbocycles. The predicted octanol–water partition coefficient (Wildman–Crippen LogP) is 6.34. The monoisotopic (exact) mass is 352 g/mol. The SMILES string of the molecule is CCCCCCCC(CCc1ccccc1)C(=O)OCc1ccccc1. The van der Waals surface area contributed by atoms with Gasteiger partial charge in [-0.05, 0) is 30.4 Å². The number of ether oxygens (including phenoxy) is 1. The van der Waals surface area contributed by atoms with Crippen molar-refractivity contribution in [1.29, 1.82) is 0 Å². The van der Waals surface area contributed by atoms with Crippen LogP contribution in [0, 0.1) is 5.92 Å². The Balaban J connectivity index is 1.84. The van der Waals surface area contributed by atoms with Gasteiger partial charge in [-0.25, -0.2) is 0 Å². The van der Waals surface area contributed by atoms with Crippen molar-refractivity contribution in [2.24, 2.45) is 5.92 Å². The third kappa shape index (κ3) is 7.86. The molecule has 2 heteroatoms. The quantitative estimate of drug-likeness (QED) is 0.329. The summed E-state index contributed by atoms with van der Waals surface area (Å²) < 4.78 is 5.62. The zero-order chi connectivity index (χ0) is 18.5. The number of carbonyl (C=O) groups is 1. The highest BCUT2D eigenvalue weighted by Gasteiger charge is 2.19. The highest BCUT2D eigenvalue weighted by Crippen LogP contribution is 2.20. The Morgan fingerprint density at radius 3 is 2.08 bits per heavy atom. The van der Waals surface area contributed by atoms with Gasteiger partial charge in [0.15, 0.2) is 0 Å². The summed E-state index contributed by atoms with van der Waals surface area (Å²) in [5.74, 6) is -0.0409. The van der Waals surface area contributed by atoms with E-state index in [1.54, 1.807) is 0 Å². The van der Waals surface area contributed by atoms with Gasteiger partial charge in [-0.2, -0.15) is 0 Å². The largest absolute Gasteiger partial charge is 0.461 e. The van der Waals surface area contributed by atoms with E-state index in [-0.39, 0.29) is 11.9 Å². The Hall–Kier alpha value is -2.09. The average molecular weight is 353 g/mol. The van der Waals surface area contributed by atoms with Gasteiger partial charge < -0.3 is 4.74 Å². The lowest BCUT2D eigenvalue weighted by molar-refractivity contribution is -0.150. The van der Waals surface area contributed by atoms with Crippen LogP contribution >= 0.6 is 0 Å². The number of rotatable bonds is 12. The number of benzene rings is 2. The molecular weight excluding hydrogens is 320 g/mol. The third-order valence-corrected chi connectivity index (χ3v) is 4.84. The van der Waals surface area contributed by atoms with Gasteiger partial charge >= 0.3 is 5.97 Å². The zero-order valence-electron chi connectivity index (χ0n) is 16.0. The summed E-state index contributed by atoms with van der Waals surface area (Å²) in [4.78, 5) is 12.6. The van der Waals surface area contributed by atoms with Crippen LogP contribution in [-0.2, 0) is 22.6 Å². The molecule has 2 nitrogen and oxygen atoms in total. The molecule has 0 saturated carbocycles. The lowest BCUT2D eigenvalue weighted by Gasteiger charge is -2.16. The Morgan fingerprint density at radius 2 is 1.42 bits per heavy atom. The fourth-order valence-electron chi connectivity index (χ4n) is 3.21. The Labute approximate surface area is 158 Å². The number of aryl methyl sites for hydroxylation is 1. The van der Waals surface area contributed by atoms with Gasteiger partial charge in [-0.1, -0.05) is 99.7 Å². The van der Waals surface area contributed by atoms with E-state index >= 15 is 0 Å². The van der Waals surface area contributed by atoms with E-state index < -0.39 is 0 Å². The Bertz CT molecular complexity index is 607. The Kier molecular flexibility index (Phi) is 9.56. The van der Waals surface area contributed by atoms with Crippen molar-refractivity contribution >= 4 is 5.97 Å². The van der Waals surface area contributed by atoms with E-state index in [1.807, 2.05) is 36.4 Å². The van der Waals surface area contributed by atoms with Gasteiger partial charge in [0.05, 0.1) is 5.92 Å². The fraction of sp³-hybridized carbons (Fsp3) is 0.458. The lowest BCUT2D eigenvalue weighted by atomic mass is 9.93. The molecule has 0 bridgehead atoms. The number of hydrogen-bond acceptors (Lipinski definition) is 2. The second-order valence-corrected chi connectivity index (χ2v) is 7.02. The highest BCUT2D eigenvalue weighted by atomic mass is 16.5. The normalized spacial score (nSPS) is 11.9. The molecule has 0 radical (unpaired) electrons. The van der Waals surface area contributed by atoms with Crippen LogP contribution in [0.3, 0.4) is 0 Å². The molecule has 1 atom stereocenters. The van der Waals surface area contributed by atoms with Crippen LogP contribution in [-0.4, -0.2) is 5.97 Å². The van der Waals surface area contributed by atoms with Crippen LogP contribution in [0.25, 0.3) is 0 Å². The number of esters is 1. The number of carbonyl (C=O) groups excluding carboxylic acids is 1. The van der Waals surface area contributed by atoms with Gasteiger partial charge in [0.25, 0.3) is 0 Å². The molecule has 0 N–H and O–H groups in total. The fourth-order valence-corrected chi connectivity index (χ4v) is 3.21. The predicted molar refractivity (Wildman–Crippen MR) is 108 cm³/mol. The van der Waals surface area contributed by atoms with Crippen molar-refractivity contribution in [1.82, 2.24) is 0 Å². The van der Waals surface area contributed by atoms with Gasteiger partial charge in [0.2, 0.25) is 0 Å². The summed E-state index contributed by atoms with van der Waals surface area (Å²) in [6, 6.07) is 20.3. The smallest absolute Gasteiger partial charge is 0.309 e. The second-order valence-electron chi connectivity index (χ2n) is 7.02. The summed E-state index contributed by atoms with van der Waals surface area (Å²) in [5, 5.41) is 0. The van der Waals surface area contributed by atoms with Crippen LogP contribution in [0.1, 0.15) is 63.0 Å². The maximum absolute atomic E-state index is 12.6. The van der Waals surface area contributed by atoms with Crippen LogP contribution in [0.15, 0.2) is 60.7 Å². The molecule has 26 heavy (non-hydrogen) atoms. The summed E-state index contributed by atoms with van der Waals surface area (Å²) in [5.41, 5.74) is 2.34. The first-order chi connectivity index (χ1) is 12.8. The summed E-state index contributed by atoms with van der Waals surface area (Å²) >= 11 is 0. The molecule has 1 unspecified atom stereocenters. The molecular formula is C24H32O2. The summed E-state index contributed by atoms with van der Waals surface area (Å²) in [6.07, 6.45) is 8.85. The van der Waals surface area contributed by atoms with Crippen molar-refractivity contribution in [2.75, 3.05) is 0 Å². The average Bonchev–Trinajstić information content (AvgIpc) is 2.70. The van der Waals surface area contributed by atoms with Gasteiger partial charge in [-0.15, -0.1) is 0 Å². The summed E-state index contributed by atoms with van der Waals surface area (Å²) in [7, 11) is 0. The van der Waals surface area contributed by atoms with E-state index in [9.17, 15) is 4.79 Å². The minimum atomic E-state index is -0.0414. The van der Waals surface area contributed by atoms with E-state index in [2.05, 4.69) is 31.2 Å². The molecule has 0 aliphatic heterocycles. The van der Waals surface area contributed by atoms with E-state index in [0.717, 1.165) is 31.2 Å². The van der Waals surface area contributed by atoms with Crippen LogP contribution in [0.2, 0.25) is 0 Å². The molecule has 140 valence electrons. The molecule has 2 aromatic rings. The van der Waals surface area contributed by atoms with E-state index in [1.165, 1.54) is 31.2 Å². The standard InChI is InChI=1S/C24H32O2/c1-2-3-4-5-12-17-23(19-18-21-13-8-6-9-14-21)24(25)26-20-22-15-10-7-11-16-22/h6-11,13-16,23H,2-5,12,17-20H2,1H3. The molecule has 0 amide bonds. The van der Waals surface area contributed by atoms with Crippen molar-refractivity contribution in [2.45, 2.75) is 64.9 Å². The molecule has 0 aromatic heterocycles. The molecule has 0 fully saturated rings. The molecule has 2 rings (SSSR count). The van der Waals surface area contributed by atoms with Crippen molar-refractivity contribution < 1.29 is 9.53 Å². The van der Waals surface area contributed by atoms with E-state index in [4.69, 9.17) is 4.74 Å². The molecule has 0 heterocycles. The van der Waals surface area contributed by atoms with Crippen molar-refractivity contribution in [3.8, 4) is 0 Å². The van der Waals surface area contributed by atoms with Crippen molar-refractivity contribution in [3.63, 3.8) is 0 Å². The minimum absolute atomic E-state index is 0.000505. The first-order valence-corrected chi connectivity index (χ1v) is 10.0. The number of hydrogen-bond donors (Lipinski definition) is 0. The van der Waals surface area contributed by atoms with Crippen molar-refractivity contribution in [3.05, 3.63) is 71.8 Å². The molecule has 0 aliphatic rings.